The molecule has 0 spiro atoms. The van der Waals surface area contributed by atoms with Gasteiger partial charge in [-0.05, 0) is 55.4 Å². The predicted octanol–water partition coefficient (Wildman–Crippen LogP) is 5.76. The number of fused-ring (bicyclic) bond motifs is 1. The molecule has 2 amide bonds. The lowest BCUT2D eigenvalue weighted by atomic mass is 10.0. The molecule has 5 heteroatoms. The molecule has 3 aromatic rings. The van der Waals surface area contributed by atoms with Crippen molar-refractivity contribution in [3.05, 3.63) is 81.7 Å². The summed E-state index contributed by atoms with van der Waals surface area (Å²) in [6, 6.07) is 17.4. The van der Waals surface area contributed by atoms with Crippen molar-refractivity contribution in [2.75, 3.05) is 10.6 Å². The van der Waals surface area contributed by atoms with Crippen molar-refractivity contribution < 1.29 is 9.59 Å². The van der Waals surface area contributed by atoms with Crippen LogP contribution in [-0.2, 0) is 24.1 Å². The van der Waals surface area contributed by atoms with Gasteiger partial charge < -0.3 is 10.6 Å². The third-order valence-electron chi connectivity index (χ3n) is 5.50. The van der Waals surface area contributed by atoms with Crippen molar-refractivity contribution >= 4 is 33.8 Å². The average Bonchev–Trinajstić information content (AvgIpc) is 2.90. The first-order valence-electron chi connectivity index (χ1n) is 10.5. The van der Waals surface area contributed by atoms with Crippen LogP contribution in [0.2, 0.25) is 0 Å². The summed E-state index contributed by atoms with van der Waals surface area (Å²) in [4.78, 5) is 27.3. The average molecular weight is 419 g/mol. The molecule has 1 heterocycles. The predicted molar refractivity (Wildman–Crippen MR) is 123 cm³/mol. The van der Waals surface area contributed by atoms with Crippen molar-refractivity contribution in [3.63, 3.8) is 0 Å². The number of nitrogens with one attached hydrogen (secondary N) is 2. The van der Waals surface area contributed by atoms with E-state index in [1.54, 1.807) is 11.3 Å². The summed E-state index contributed by atoms with van der Waals surface area (Å²) in [5, 5.41) is 6.77. The first-order valence-corrected chi connectivity index (χ1v) is 11.3. The molecule has 2 aromatic carbocycles. The highest BCUT2D eigenvalue weighted by atomic mass is 32.1. The van der Waals surface area contributed by atoms with Gasteiger partial charge >= 0.3 is 0 Å². The van der Waals surface area contributed by atoms with Crippen molar-refractivity contribution in [2.24, 2.45) is 0 Å². The Labute approximate surface area is 181 Å². The minimum atomic E-state index is -0.140. The number of anilines is 2. The van der Waals surface area contributed by atoms with Gasteiger partial charge in [-0.2, -0.15) is 0 Å². The second-order valence-corrected chi connectivity index (χ2v) is 8.85. The van der Waals surface area contributed by atoms with Gasteiger partial charge in [-0.15, -0.1) is 11.3 Å². The Kier molecular flexibility index (Phi) is 6.29. The Balaban J connectivity index is 1.62. The third kappa shape index (κ3) is 4.62. The molecule has 0 unspecified atom stereocenters. The molecular weight excluding hydrogens is 392 g/mol. The maximum Gasteiger partial charge on any atom is 0.258 e. The molecule has 2 N–H and O–H groups in total. The highest BCUT2D eigenvalue weighted by Crippen LogP contribution is 2.38. The zero-order chi connectivity index (χ0) is 20.9. The summed E-state index contributed by atoms with van der Waals surface area (Å²) in [6.07, 6.45) is 5.53. The number of para-hydroxylation sites is 1. The monoisotopic (exact) mass is 418 g/mol. The van der Waals surface area contributed by atoms with E-state index in [1.807, 2.05) is 61.5 Å². The fraction of sp³-hybridized carbons (Fsp3) is 0.280. The lowest BCUT2D eigenvalue weighted by Crippen LogP contribution is -2.19. The number of carbonyl (C=O) groups excluding carboxylic acids is 2. The summed E-state index contributed by atoms with van der Waals surface area (Å²) in [5.74, 6) is -0.235. The normalized spacial score (nSPS) is 13.2. The zero-order valence-corrected chi connectivity index (χ0v) is 18.0. The minimum absolute atomic E-state index is 0.0949. The molecule has 0 aliphatic heterocycles. The van der Waals surface area contributed by atoms with E-state index in [0.717, 1.165) is 48.1 Å². The molecule has 1 aliphatic rings. The molecule has 4 rings (SSSR count). The molecule has 0 fully saturated rings. The Hall–Kier alpha value is -2.92. The molecule has 4 nitrogen and oxygen atoms in total. The van der Waals surface area contributed by atoms with Crippen LogP contribution in [0.4, 0.5) is 10.7 Å². The van der Waals surface area contributed by atoms with Gasteiger partial charge in [0.1, 0.15) is 5.00 Å². The number of hydrogen-bond donors (Lipinski definition) is 2. The number of aryl methyl sites for hydroxylation is 2. The minimum Gasteiger partial charge on any atom is -0.322 e. The second-order valence-electron chi connectivity index (χ2n) is 7.75. The van der Waals surface area contributed by atoms with Gasteiger partial charge in [-0.25, -0.2) is 0 Å². The highest BCUT2D eigenvalue weighted by molar-refractivity contribution is 7.17. The lowest BCUT2D eigenvalue weighted by Gasteiger charge is -2.12. The van der Waals surface area contributed by atoms with Crippen LogP contribution in [0.5, 0.6) is 0 Å². The van der Waals surface area contributed by atoms with E-state index in [2.05, 4.69) is 10.6 Å². The van der Waals surface area contributed by atoms with E-state index in [1.165, 1.54) is 11.3 Å². The van der Waals surface area contributed by atoms with Crippen molar-refractivity contribution in [1.82, 2.24) is 0 Å². The number of thiophene rings is 1. The van der Waals surface area contributed by atoms with Crippen molar-refractivity contribution in [1.29, 1.82) is 0 Å². The van der Waals surface area contributed by atoms with Gasteiger partial charge in [0, 0.05) is 10.6 Å². The van der Waals surface area contributed by atoms with Gasteiger partial charge in [0.25, 0.3) is 5.91 Å². The maximum absolute atomic E-state index is 13.3. The second kappa shape index (κ2) is 9.26. The van der Waals surface area contributed by atoms with Crippen molar-refractivity contribution in [2.45, 2.75) is 45.4 Å². The van der Waals surface area contributed by atoms with E-state index in [4.69, 9.17) is 0 Å². The van der Waals surface area contributed by atoms with Crippen LogP contribution >= 0.6 is 11.3 Å². The van der Waals surface area contributed by atoms with Crippen molar-refractivity contribution in [3.8, 4) is 0 Å². The summed E-state index contributed by atoms with van der Waals surface area (Å²) in [5.41, 5.74) is 4.53. The Morgan fingerprint density at radius 2 is 1.63 bits per heavy atom. The van der Waals surface area contributed by atoms with Crippen LogP contribution in [0.1, 0.15) is 51.2 Å². The van der Waals surface area contributed by atoms with Gasteiger partial charge in [0.05, 0.1) is 12.0 Å². The molecular formula is C25H26N2O2S. The number of rotatable bonds is 5. The first kappa shape index (κ1) is 20.4. The van der Waals surface area contributed by atoms with E-state index in [9.17, 15) is 9.59 Å². The first-order chi connectivity index (χ1) is 14.6. The Bertz CT molecular complexity index is 1060. The zero-order valence-electron chi connectivity index (χ0n) is 17.2. The molecule has 1 aromatic heterocycles. The standard InChI is InChI=1S/C25H26N2O2S/c1-17-10-8-9-14-20(17)26-24(29)23-19-13-6-3-7-15-21(19)30-25(23)27-22(28)16-18-11-4-2-5-12-18/h2,4-5,8-12,14H,3,6-7,13,15-16H2,1H3,(H,26,29)(H,27,28). The fourth-order valence-corrected chi connectivity index (χ4v) is 5.22. The summed E-state index contributed by atoms with van der Waals surface area (Å²) in [6.45, 7) is 1.98. The number of hydrogen-bond acceptors (Lipinski definition) is 3. The van der Waals surface area contributed by atoms with Gasteiger partial charge in [0.15, 0.2) is 0 Å². The Morgan fingerprint density at radius 1 is 0.900 bits per heavy atom. The van der Waals surface area contributed by atoms with Crippen LogP contribution in [0, 0.1) is 6.92 Å². The van der Waals surface area contributed by atoms with Gasteiger partial charge in [-0.3, -0.25) is 9.59 Å². The lowest BCUT2D eigenvalue weighted by molar-refractivity contribution is -0.115. The fourth-order valence-electron chi connectivity index (χ4n) is 3.92. The van der Waals surface area contributed by atoms with Gasteiger partial charge in [0.2, 0.25) is 5.91 Å². The topological polar surface area (TPSA) is 58.2 Å². The van der Waals surface area contributed by atoms with Crippen LogP contribution in [0.25, 0.3) is 0 Å². The summed E-state index contributed by atoms with van der Waals surface area (Å²) in [7, 11) is 0. The van der Waals surface area contributed by atoms with E-state index < -0.39 is 0 Å². The molecule has 0 radical (unpaired) electrons. The number of benzene rings is 2. The quantitative estimate of drug-likeness (QED) is 0.518. The molecule has 30 heavy (non-hydrogen) atoms. The molecule has 0 bridgehead atoms. The molecule has 154 valence electrons. The maximum atomic E-state index is 13.3. The van der Waals surface area contributed by atoms with E-state index in [-0.39, 0.29) is 11.8 Å². The van der Waals surface area contributed by atoms with Crippen LogP contribution < -0.4 is 10.6 Å². The Morgan fingerprint density at radius 3 is 2.43 bits per heavy atom. The molecule has 0 atom stereocenters. The van der Waals surface area contributed by atoms with Gasteiger partial charge in [-0.1, -0.05) is 55.0 Å². The van der Waals surface area contributed by atoms with Crippen LogP contribution in [0.3, 0.4) is 0 Å². The third-order valence-corrected chi connectivity index (χ3v) is 6.71. The largest absolute Gasteiger partial charge is 0.322 e. The highest BCUT2D eigenvalue weighted by Gasteiger charge is 2.26. The molecule has 1 aliphatic carbocycles. The molecule has 0 saturated carbocycles. The van der Waals surface area contributed by atoms with Crippen LogP contribution in [-0.4, -0.2) is 11.8 Å². The number of carbonyl (C=O) groups is 2. The van der Waals surface area contributed by atoms with E-state index >= 15 is 0 Å². The van der Waals surface area contributed by atoms with Crippen LogP contribution in [0.15, 0.2) is 54.6 Å². The smallest absolute Gasteiger partial charge is 0.258 e. The van der Waals surface area contributed by atoms with E-state index in [0.29, 0.717) is 17.0 Å². The number of amides is 2. The SMILES string of the molecule is Cc1ccccc1NC(=O)c1c(NC(=O)Cc2ccccc2)sc2c1CCCCC2. The summed E-state index contributed by atoms with van der Waals surface area (Å²) >= 11 is 1.56. The summed E-state index contributed by atoms with van der Waals surface area (Å²) < 4.78 is 0. The molecule has 0 saturated heterocycles.